The van der Waals surface area contributed by atoms with Crippen molar-refractivity contribution >= 4 is 21.6 Å². The van der Waals surface area contributed by atoms with Gasteiger partial charge in [0, 0.05) is 28.6 Å². The number of hydrogen-bond donors (Lipinski definition) is 1. The summed E-state index contributed by atoms with van der Waals surface area (Å²) in [4.78, 5) is 10.3. The summed E-state index contributed by atoms with van der Waals surface area (Å²) in [6.45, 7) is 0.422. The van der Waals surface area contributed by atoms with E-state index in [-0.39, 0.29) is 11.7 Å². The van der Waals surface area contributed by atoms with Crippen LogP contribution in [0.2, 0.25) is 0 Å². The molecule has 1 atom stereocenters. The predicted molar refractivity (Wildman–Crippen MR) is 57.8 cm³/mol. The van der Waals surface area contributed by atoms with Gasteiger partial charge >= 0.3 is 5.69 Å². The minimum Gasteiger partial charge on any atom is -0.486 e. The molecule has 1 aromatic carbocycles. The van der Waals surface area contributed by atoms with E-state index in [0.717, 1.165) is 4.47 Å². The molecule has 1 aromatic rings. The van der Waals surface area contributed by atoms with E-state index in [4.69, 9.17) is 10.5 Å². The molecule has 15 heavy (non-hydrogen) atoms. The zero-order valence-corrected chi connectivity index (χ0v) is 9.36. The Bertz CT molecular complexity index is 422. The van der Waals surface area contributed by atoms with Gasteiger partial charge < -0.3 is 10.5 Å². The summed E-state index contributed by atoms with van der Waals surface area (Å²) >= 11 is 3.32. The third kappa shape index (κ3) is 1.70. The third-order valence-electron chi connectivity index (χ3n) is 2.36. The molecule has 6 heteroatoms. The molecule has 0 aliphatic carbocycles. The first-order chi connectivity index (χ1) is 7.11. The van der Waals surface area contributed by atoms with Gasteiger partial charge in [-0.3, -0.25) is 10.1 Å². The Labute approximate surface area is 94.5 Å². The first-order valence-electron chi connectivity index (χ1n) is 4.46. The first kappa shape index (κ1) is 10.4. The quantitative estimate of drug-likeness (QED) is 0.628. The lowest BCUT2D eigenvalue weighted by Crippen LogP contribution is -2.21. The lowest BCUT2D eigenvalue weighted by molar-refractivity contribution is -0.386. The van der Waals surface area contributed by atoms with Crippen LogP contribution in [-0.2, 0) is 0 Å². The molecule has 0 saturated heterocycles. The van der Waals surface area contributed by atoms with Crippen molar-refractivity contribution in [1.82, 2.24) is 0 Å². The van der Waals surface area contributed by atoms with E-state index in [1.807, 2.05) is 0 Å². The highest BCUT2D eigenvalue weighted by atomic mass is 79.9. The van der Waals surface area contributed by atoms with E-state index in [9.17, 15) is 10.1 Å². The summed E-state index contributed by atoms with van der Waals surface area (Å²) < 4.78 is 6.08. The van der Waals surface area contributed by atoms with Crippen molar-refractivity contribution in [2.75, 3.05) is 6.61 Å². The van der Waals surface area contributed by atoms with Crippen molar-refractivity contribution in [2.24, 2.45) is 5.73 Å². The van der Waals surface area contributed by atoms with Crippen LogP contribution in [-0.4, -0.2) is 11.5 Å². The van der Waals surface area contributed by atoms with Gasteiger partial charge in [0.05, 0.1) is 11.5 Å². The van der Waals surface area contributed by atoms with E-state index in [0.29, 0.717) is 24.3 Å². The summed E-state index contributed by atoms with van der Waals surface area (Å²) in [5.74, 6) is 0.299. The molecule has 0 saturated carbocycles. The number of hydrogen-bond acceptors (Lipinski definition) is 4. The fourth-order valence-electron chi connectivity index (χ4n) is 1.64. The largest absolute Gasteiger partial charge is 0.486 e. The second kappa shape index (κ2) is 3.79. The van der Waals surface area contributed by atoms with Gasteiger partial charge in [0.15, 0.2) is 0 Å². The van der Waals surface area contributed by atoms with Crippen LogP contribution in [0.15, 0.2) is 16.6 Å². The van der Waals surface area contributed by atoms with Gasteiger partial charge in [-0.05, 0) is 6.07 Å². The summed E-state index contributed by atoms with van der Waals surface area (Å²) in [5.41, 5.74) is 6.55. The van der Waals surface area contributed by atoms with Crippen molar-refractivity contribution in [3.05, 3.63) is 32.3 Å². The van der Waals surface area contributed by atoms with Gasteiger partial charge in [0.2, 0.25) is 5.75 Å². The molecule has 0 fully saturated rings. The smallest absolute Gasteiger partial charge is 0.311 e. The van der Waals surface area contributed by atoms with Crippen molar-refractivity contribution in [3.63, 3.8) is 0 Å². The minimum atomic E-state index is -0.455. The number of rotatable bonds is 1. The van der Waals surface area contributed by atoms with E-state index in [1.54, 1.807) is 6.07 Å². The highest BCUT2D eigenvalue weighted by Gasteiger charge is 2.28. The normalized spacial score (nSPS) is 19.2. The molecular weight excluding hydrogens is 264 g/mol. The Kier molecular flexibility index (Phi) is 2.62. The number of nitrogens with two attached hydrogens (primary N) is 1. The zero-order valence-electron chi connectivity index (χ0n) is 7.77. The molecule has 5 nitrogen and oxygen atoms in total. The average molecular weight is 273 g/mol. The second-order valence-electron chi connectivity index (χ2n) is 3.31. The van der Waals surface area contributed by atoms with Crippen LogP contribution in [0, 0.1) is 10.1 Å². The molecule has 2 rings (SSSR count). The molecule has 0 spiro atoms. The maximum atomic E-state index is 10.8. The number of ether oxygens (including phenoxy) is 1. The number of benzene rings is 1. The standard InChI is InChI=1S/C9H9BrN2O3/c10-5-1-2-7(12(13)14)9-8(5)6(11)3-4-15-9/h1-2,6H,3-4,11H2/t6-/m1/s1. The van der Waals surface area contributed by atoms with E-state index >= 15 is 0 Å². The molecule has 2 N–H and O–H groups in total. The van der Waals surface area contributed by atoms with Crippen LogP contribution in [0.5, 0.6) is 5.75 Å². The monoisotopic (exact) mass is 272 g/mol. The second-order valence-corrected chi connectivity index (χ2v) is 4.16. The molecule has 1 aliphatic rings. The third-order valence-corrected chi connectivity index (χ3v) is 3.06. The lowest BCUT2D eigenvalue weighted by atomic mass is 10.0. The van der Waals surface area contributed by atoms with Crippen molar-refractivity contribution in [3.8, 4) is 5.75 Å². The van der Waals surface area contributed by atoms with Gasteiger partial charge in [-0.1, -0.05) is 15.9 Å². The number of nitro groups is 1. The Morgan fingerprint density at radius 3 is 3.00 bits per heavy atom. The Morgan fingerprint density at radius 2 is 2.33 bits per heavy atom. The van der Waals surface area contributed by atoms with Crippen LogP contribution < -0.4 is 10.5 Å². The van der Waals surface area contributed by atoms with Crippen molar-refractivity contribution in [1.29, 1.82) is 0 Å². The zero-order chi connectivity index (χ0) is 11.0. The first-order valence-corrected chi connectivity index (χ1v) is 5.25. The van der Waals surface area contributed by atoms with Gasteiger partial charge in [-0.25, -0.2) is 0 Å². The molecule has 0 amide bonds. The van der Waals surface area contributed by atoms with Crippen LogP contribution in [0.1, 0.15) is 18.0 Å². The molecule has 0 bridgehead atoms. The highest BCUT2D eigenvalue weighted by Crippen LogP contribution is 2.42. The van der Waals surface area contributed by atoms with E-state index in [2.05, 4.69) is 15.9 Å². The molecule has 0 unspecified atom stereocenters. The summed E-state index contributed by atoms with van der Waals surface area (Å²) in [6, 6.07) is 2.84. The molecular formula is C9H9BrN2O3. The van der Waals surface area contributed by atoms with Gasteiger partial charge in [-0.15, -0.1) is 0 Å². The van der Waals surface area contributed by atoms with Gasteiger partial charge in [0.25, 0.3) is 0 Å². The summed E-state index contributed by atoms with van der Waals surface area (Å²) in [6.07, 6.45) is 0.673. The van der Waals surface area contributed by atoms with Crippen molar-refractivity contribution < 1.29 is 9.66 Å². The van der Waals surface area contributed by atoms with Crippen LogP contribution in [0.25, 0.3) is 0 Å². The number of nitro benzene ring substituents is 1. The molecule has 1 aliphatic heterocycles. The molecule has 0 aromatic heterocycles. The number of halogens is 1. The predicted octanol–water partition coefficient (Wildman–Crippen LogP) is 2.14. The summed E-state index contributed by atoms with van der Waals surface area (Å²) in [7, 11) is 0. The Balaban J connectivity index is 2.63. The number of nitrogens with zero attached hydrogens (tertiary/aromatic N) is 1. The maximum Gasteiger partial charge on any atom is 0.311 e. The van der Waals surface area contributed by atoms with Crippen LogP contribution in [0.4, 0.5) is 5.69 Å². The topological polar surface area (TPSA) is 78.4 Å². The van der Waals surface area contributed by atoms with Gasteiger partial charge in [0.1, 0.15) is 0 Å². The van der Waals surface area contributed by atoms with Crippen molar-refractivity contribution in [2.45, 2.75) is 12.5 Å². The summed E-state index contributed by atoms with van der Waals surface area (Å²) in [5, 5.41) is 10.8. The van der Waals surface area contributed by atoms with Gasteiger partial charge in [-0.2, -0.15) is 0 Å². The SMILES string of the molecule is N[C@@H]1CCOc2c([N+](=O)[O-])ccc(Br)c21. The minimum absolute atomic E-state index is 0.0247. The maximum absolute atomic E-state index is 10.8. The van der Waals surface area contributed by atoms with Crippen LogP contribution in [0.3, 0.4) is 0 Å². The van der Waals surface area contributed by atoms with Crippen LogP contribution >= 0.6 is 15.9 Å². The number of fused-ring (bicyclic) bond motifs is 1. The van der Waals surface area contributed by atoms with E-state index < -0.39 is 4.92 Å². The molecule has 1 heterocycles. The highest BCUT2D eigenvalue weighted by molar-refractivity contribution is 9.10. The lowest BCUT2D eigenvalue weighted by Gasteiger charge is -2.23. The molecule has 80 valence electrons. The fraction of sp³-hybridized carbons (Fsp3) is 0.333. The fourth-order valence-corrected chi connectivity index (χ4v) is 2.24. The van der Waals surface area contributed by atoms with E-state index in [1.165, 1.54) is 6.07 Å². The Morgan fingerprint density at radius 1 is 1.60 bits per heavy atom. The Hall–Kier alpha value is -1.14. The average Bonchev–Trinajstić information content (AvgIpc) is 2.17. The molecule has 0 radical (unpaired) electrons.